The van der Waals surface area contributed by atoms with Gasteiger partial charge >= 0.3 is 11.9 Å². The number of carboxylic acid groups (broad SMARTS) is 1. The van der Waals surface area contributed by atoms with Gasteiger partial charge in [0.15, 0.2) is 23.0 Å². The van der Waals surface area contributed by atoms with Crippen molar-refractivity contribution in [3.05, 3.63) is 53.1 Å². The summed E-state index contributed by atoms with van der Waals surface area (Å²) < 4.78 is 26.5. The van der Waals surface area contributed by atoms with Crippen LogP contribution in [0.2, 0.25) is 0 Å². The third kappa shape index (κ3) is 5.48. The van der Waals surface area contributed by atoms with Crippen molar-refractivity contribution in [3.8, 4) is 23.0 Å². The summed E-state index contributed by atoms with van der Waals surface area (Å²) in [5.41, 5.74) is 1.47. The minimum atomic E-state index is -1.17. The quantitative estimate of drug-likeness (QED) is 0.451. The summed E-state index contributed by atoms with van der Waals surface area (Å²) >= 11 is 0. The van der Waals surface area contributed by atoms with Crippen molar-refractivity contribution < 1.29 is 38.4 Å². The molecule has 0 radical (unpaired) electrons. The highest BCUT2D eigenvalue weighted by Gasteiger charge is 2.24. The Morgan fingerprint density at radius 3 is 1.58 bits per heavy atom. The minimum Gasteiger partial charge on any atom is -0.493 e. The molecular formula is C23H26O8. The summed E-state index contributed by atoms with van der Waals surface area (Å²) in [6.07, 6.45) is -0.531. The molecule has 2 rings (SSSR count). The summed E-state index contributed by atoms with van der Waals surface area (Å²) in [6, 6.07) is 10.1. The average Bonchev–Trinajstić information content (AvgIpc) is 2.78. The largest absolute Gasteiger partial charge is 0.493 e. The van der Waals surface area contributed by atoms with Crippen LogP contribution in [0.4, 0.5) is 0 Å². The number of carboxylic acids is 1. The highest BCUT2D eigenvalue weighted by atomic mass is 16.5. The molecule has 0 fully saturated rings. The highest BCUT2D eigenvalue weighted by Crippen LogP contribution is 2.38. The zero-order valence-corrected chi connectivity index (χ0v) is 18.2. The number of esters is 1. The van der Waals surface area contributed by atoms with Gasteiger partial charge in [0.05, 0.1) is 47.0 Å². The maximum Gasteiger partial charge on any atom is 0.335 e. The first kappa shape index (κ1) is 23.6. The van der Waals surface area contributed by atoms with Crippen LogP contribution < -0.4 is 18.9 Å². The summed E-state index contributed by atoms with van der Waals surface area (Å²) in [5.74, 6) is -0.0401. The summed E-state index contributed by atoms with van der Waals surface area (Å²) in [6.45, 7) is 1.76. The van der Waals surface area contributed by atoms with Gasteiger partial charge in [-0.2, -0.15) is 0 Å². The molecule has 2 aromatic rings. The van der Waals surface area contributed by atoms with E-state index in [0.717, 1.165) is 0 Å². The normalized spacial score (nSPS) is 10.1. The van der Waals surface area contributed by atoms with Gasteiger partial charge in [-0.25, -0.2) is 4.79 Å². The maximum absolute atomic E-state index is 12.8. The van der Waals surface area contributed by atoms with Crippen molar-refractivity contribution in [2.75, 3.05) is 35.0 Å². The van der Waals surface area contributed by atoms with Crippen molar-refractivity contribution >= 4 is 17.5 Å². The molecule has 1 N–H and O–H groups in total. The number of ether oxygens (including phenoxy) is 5. The topological polar surface area (TPSA) is 101 Å². The number of hydrogen-bond acceptors (Lipinski definition) is 7. The monoisotopic (exact) mass is 430 g/mol. The molecule has 0 heterocycles. The third-order valence-electron chi connectivity index (χ3n) is 4.50. The average molecular weight is 430 g/mol. The Balaban J connectivity index is 2.87. The van der Waals surface area contributed by atoms with Crippen LogP contribution in [-0.2, 0) is 14.3 Å². The smallest absolute Gasteiger partial charge is 0.335 e. The molecule has 8 nitrogen and oxygen atoms in total. The van der Waals surface area contributed by atoms with Gasteiger partial charge in [-0.3, -0.25) is 4.79 Å². The summed E-state index contributed by atoms with van der Waals surface area (Å²) in [4.78, 5) is 24.4. The fraction of sp³-hybridized carbons (Fsp3) is 0.304. The molecule has 8 heteroatoms. The van der Waals surface area contributed by atoms with Crippen molar-refractivity contribution in [1.82, 2.24) is 0 Å². The van der Waals surface area contributed by atoms with Crippen LogP contribution in [0.25, 0.3) is 5.57 Å². The molecule has 2 aromatic carbocycles. The lowest BCUT2D eigenvalue weighted by Gasteiger charge is -2.18. The molecule has 0 saturated carbocycles. The van der Waals surface area contributed by atoms with Crippen LogP contribution >= 0.6 is 0 Å². The number of benzene rings is 2. The van der Waals surface area contributed by atoms with E-state index in [1.54, 1.807) is 43.3 Å². The fourth-order valence-corrected chi connectivity index (χ4v) is 3.13. The van der Waals surface area contributed by atoms with E-state index in [0.29, 0.717) is 39.7 Å². The van der Waals surface area contributed by atoms with E-state index in [1.807, 2.05) is 0 Å². The third-order valence-corrected chi connectivity index (χ3v) is 4.50. The van der Waals surface area contributed by atoms with Crippen LogP contribution in [0.1, 0.15) is 24.5 Å². The Morgan fingerprint density at radius 2 is 1.23 bits per heavy atom. The van der Waals surface area contributed by atoms with Crippen molar-refractivity contribution in [1.29, 1.82) is 0 Å². The lowest BCUT2D eigenvalue weighted by atomic mass is 9.91. The number of rotatable bonds is 10. The predicted octanol–water partition coefficient (Wildman–Crippen LogP) is 3.56. The van der Waals surface area contributed by atoms with Crippen LogP contribution in [0, 0.1) is 0 Å². The van der Waals surface area contributed by atoms with E-state index in [1.165, 1.54) is 28.4 Å². The van der Waals surface area contributed by atoms with Gasteiger partial charge < -0.3 is 28.8 Å². The first-order valence-corrected chi connectivity index (χ1v) is 9.46. The second-order valence-electron chi connectivity index (χ2n) is 6.28. The molecular weight excluding hydrogens is 404 g/mol. The van der Waals surface area contributed by atoms with Gasteiger partial charge in [0.25, 0.3) is 0 Å². The van der Waals surface area contributed by atoms with Crippen molar-refractivity contribution in [2.24, 2.45) is 0 Å². The van der Waals surface area contributed by atoms with Gasteiger partial charge in [-0.05, 0) is 42.3 Å². The summed E-state index contributed by atoms with van der Waals surface area (Å²) in [5, 5.41) is 9.48. The first-order valence-electron chi connectivity index (χ1n) is 9.46. The van der Waals surface area contributed by atoms with Crippen molar-refractivity contribution in [3.63, 3.8) is 0 Å². The SMILES string of the molecule is CCOC(=O)C(CC(=O)O)=C(c1ccc(OC)c(OC)c1)c1ccc(OC)c(OC)c1. The zero-order valence-electron chi connectivity index (χ0n) is 18.2. The molecule has 0 aliphatic rings. The second-order valence-corrected chi connectivity index (χ2v) is 6.28. The Hall–Kier alpha value is -3.68. The number of carbonyl (C=O) groups excluding carboxylic acids is 1. The van der Waals surface area contributed by atoms with E-state index in [-0.39, 0.29) is 12.2 Å². The number of carbonyl (C=O) groups is 2. The second kappa shape index (κ2) is 10.9. The molecule has 0 aliphatic carbocycles. The van der Waals surface area contributed by atoms with Crippen molar-refractivity contribution in [2.45, 2.75) is 13.3 Å². The molecule has 31 heavy (non-hydrogen) atoms. The maximum atomic E-state index is 12.8. The van der Waals surface area contributed by atoms with Crippen LogP contribution in [0.15, 0.2) is 42.0 Å². The molecule has 0 aromatic heterocycles. The van der Waals surface area contributed by atoms with E-state index in [9.17, 15) is 14.7 Å². The zero-order chi connectivity index (χ0) is 23.0. The van der Waals surface area contributed by atoms with Crippen LogP contribution in [0.3, 0.4) is 0 Å². The lowest BCUT2D eigenvalue weighted by Crippen LogP contribution is -2.14. The number of methoxy groups -OCH3 is 4. The van der Waals surface area contributed by atoms with E-state index >= 15 is 0 Å². The standard InChI is InChI=1S/C23H26O8/c1-6-31-23(26)16(13-21(24)25)22(14-7-9-17(27-2)19(11-14)29-4)15-8-10-18(28-3)20(12-15)30-5/h7-12H,6,13H2,1-5H3,(H,24,25). The molecule has 0 amide bonds. The number of hydrogen-bond donors (Lipinski definition) is 1. The Morgan fingerprint density at radius 1 is 0.774 bits per heavy atom. The Labute approximate surface area is 180 Å². The number of aliphatic carboxylic acids is 1. The van der Waals surface area contributed by atoms with Crippen LogP contribution in [0.5, 0.6) is 23.0 Å². The molecule has 0 atom stereocenters. The van der Waals surface area contributed by atoms with Crippen LogP contribution in [-0.4, -0.2) is 52.1 Å². The van der Waals surface area contributed by atoms with Gasteiger partial charge in [-0.1, -0.05) is 12.1 Å². The lowest BCUT2D eigenvalue weighted by molar-refractivity contribution is -0.142. The molecule has 0 aliphatic heterocycles. The fourth-order valence-electron chi connectivity index (χ4n) is 3.13. The van der Waals surface area contributed by atoms with E-state index in [2.05, 4.69) is 0 Å². The first-order chi connectivity index (χ1) is 14.9. The van der Waals surface area contributed by atoms with Gasteiger partial charge in [0.1, 0.15) is 0 Å². The van der Waals surface area contributed by atoms with Gasteiger partial charge in [0, 0.05) is 5.57 Å². The van der Waals surface area contributed by atoms with Gasteiger partial charge in [0.2, 0.25) is 0 Å². The molecule has 0 unspecified atom stereocenters. The molecule has 166 valence electrons. The molecule has 0 spiro atoms. The molecule has 0 bridgehead atoms. The van der Waals surface area contributed by atoms with Gasteiger partial charge in [-0.15, -0.1) is 0 Å². The van der Waals surface area contributed by atoms with E-state index < -0.39 is 18.4 Å². The van der Waals surface area contributed by atoms with E-state index in [4.69, 9.17) is 23.7 Å². The Kier molecular flexibility index (Phi) is 8.31. The minimum absolute atomic E-state index is 0.00575. The highest BCUT2D eigenvalue weighted by molar-refractivity contribution is 6.05. The molecule has 0 saturated heterocycles. The summed E-state index contributed by atoms with van der Waals surface area (Å²) in [7, 11) is 6.00. The predicted molar refractivity (Wildman–Crippen MR) is 114 cm³/mol. The Bertz CT molecular complexity index is 920.